The fraction of sp³-hybridized carbons (Fsp3) is 0.583. The molecule has 1 saturated heterocycles. The van der Waals surface area contributed by atoms with Crippen molar-refractivity contribution in [3.8, 4) is 0 Å². The van der Waals surface area contributed by atoms with Crippen molar-refractivity contribution in [1.29, 1.82) is 0 Å². The molecule has 1 amide bonds. The second kappa shape index (κ2) is 6.44. The van der Waals surface area contributed by atoms with Gasteiger partial charge in [-0.3, -0.25) is 4.79 Å². The van der Waals surface area contributed by atoms with Crippen LogP contribution in [0.25, 0.3) is 0 Å². The van der Waals surface area contributed by atoms with Gasteiger partial charge < -0.3 is 20.3 Å². The van der Waals surface area contributed by atoms with E-state index in [1.165, 1.54) is 4.90 Å². The average molecular weight is 265 g/mol. The molecule has 1 aliphatic heterocycles. The maximum absolute atomic E-state index is 11.6. The highest BCUT2D eigenvalue weighted by atomic mass is 16.5. The SMILES string of the molecule is CN(C)C(=O)c1ccc(NCC2COCCN2)nn1. The molecule has 0 radical (unpaired) electrons. The summed E-state index contributed by atoms with van der Waals surface area (Å²) in [5.74, 6) is 0.504. The highest BCUT2D eigenvalue weighted by Gasteiger charge is 2.13. The third-order valence-corrected chi connectivity index (χ3v) is 2.82. The van der Waals surface area contributed by atoms with Crippen LogP contribution in [-0.2, 0) is 4.74 Å². The number of nitrogens with one attached hydrogen (secondary N) is 2. The zero-order valence-corrected chi connectivity index (χ0v) is 11.2. The van der Waals surface area contributed by atoms with E-state index in [1.807, 2.05) is 0 Å². The maximum Gasteiger partial charge on any atom is 0.273 e. The fourth-order valence-corrected chi connectivity index (χ4v) is 1.75. The molecular weight excluding hydrogens is 246 g/mol. The zero-order valence-electron chi connectivity index (χ0n) is 11.2. The minimum Gasteiger partial charge on any atom is -0.378 e. The Morgan fingerprint density at radius 1 is 1.53 bits per heavy atom. The fourth-order valence-electron chi connectivity index (χ4n) is 1.75. The van der Waals surface area contributed by atoms with Crippen LogP contribution in [0.5, 0.6) is 0 Å². The van der Waals surface area contributed by atoms with Crippen molar-refractivity contribution < 1.29 is 9.53 Å². The van der Waals surface area contributed by atoms with Gasteiger partial charge in [0.15, 0.2) is 5.69 Å². The molecule has 1 aromatic heterocycles. The highest BCUT2D eigenvalue weighted by molar-refractivity contribution is 5.91. The van der Waals surface area contributed by atoms with Crippen LogP contribution in [0.4, 0.5) is 5.82 Å². The van der Waals surface area contributed by atoms with E-state index in [0.717, 1.165) is 19.7 Å². The van der Waals surface area contributed by atoms with E-state index < -0.39 is 0 Å². The number of aromatic nitrogens is 2. The van der Waals surface area contributed by atoms with E-state index in [4.69, 9.17) is 4.74 Å². The topological polar surface area (TPSA) is 79.4 Å². The second-order valence-corrected chi connectivity index (χ2v) is 4.61. The summed E-state index contributed by atoms with van der Waals surface area (Å²) in [7, 11) is 3.37. The van der Waals surface area contributed by atoms with Crippen LogP contribution in [0.3, 0.4) is 0 Å². The monoisotopic (exact) mass is 265 g/mol. The molecule has 1 aromatic rings. The van der Waals surface area contributed by atoms with Crippen LogP contribution in [0.15, 0.2) is 12.1 Å². The lowest BCUT2D eigenvalue weighted by atomic mass is 10.3. The molecule has 2 rings (SSSR count). The standard InChI is InChI=1S/C12H19N5O2/c1-17(2)12(18)10-3-4-11(16-15-10)14-7-9-8-19-6-5-13-9/h3-4,9,13H,5-8H2,1-2H3,(H,14,16). The largest absolute Gasteiger partial charge is 0.378 e. The molecule has 2 N–H and O–H groups in total. The van der Waals surface area contributed by atoms with Crippen molar-refractivity contribution in [2.75, 3.05) is 45.7 Å². The Balaban J connectivity index is 1.86. The Labute approximate surface area is 112 Å². The number of hydrogen-bond acceptors (Lipinski definition) is 6. The summed E-state index contributed by atoms with van der Waals surface area (Å²) in [5.41, 5.74) is 0.342. The number of morpholine rings is 1. The van der Waals surface area contributed by atoms with E-state index in [9.17, 15) is 4.79 Å². The number of anilines is 1. The summed E-state index contributed by atoms with van der Waals surface area (Å²) < 4.78 is 5.36. The van der Waals surface area contributed by atoms with Crippen LogP contribution in [-0.4, -0.2) is 67.4 Å². The van der Waals surface area contributed by atoms with Gasteiger partial charge in [0.1, 0.15) is 5.82 Å². The second-order valence-electron chi connectivity index (χ2n) is 4.61. The molecule has 0 bridgehead atoms. The number of carbonyl (C=O) groups excluding carboxylic acids is 1. The summed E-state index contributed by atoms with van der Waals surface area (Å²) in [5, 5.41) is 14.4. The van der Waals surface area contributed by atoms with Crippen LogP contribution in [0, 0.1) is 0 Å². The van der Waals surface area contributed by atoms with Crippen LogP contribution in [0.1, 0.15) is 10.5 Å². The van der Waals surface area contributed by atoms with Crippen LogP contribution >= 0.6 is 0 Å². The number of rotatable bonds is 4. The molecule has 19 heavy (non-hydrogen) atoms. The van der Waals surface area contributed by atoms with Gasteiger partial charge in [-0.2, -0.15) is 0 Å². The Morgan fingerprint density at radius 3 is 2.95 bits per heavy atom. The molecule has 0 saturated carbocycles. The molecule has 2 heterocycles. The Hall–Kier alpha value is -1.73. The number of ether oxygens (including phenoxy) is 1. The lowest BCUT2D eigenvalue weighted by Gasteiger charge is -2.24. The van der Waals surface area contributed by atoms with Gasteiger partial charge in [-0.15, -0.1) is 10.2 Å². The lowest BCUT2D eigenvalue weighted by molar-refractivity contribution is 0.0806. The first-order valence-electron chi connectivity index (χ1n) is 6.27. The molecule has 7 nitrogen and oxygen atoms in total. The van der Waals surface area contributed by atoms with E-state index in [1.54, 1.807) is 26.2 Å². The Kier molecular flexibility index (Phi) is 4.64. The molecule has 0 aromatic carbocycles. The molecule has 104 valence electrons. The molecular formula is C12H19N5O2. The number of nitrogens with zero attached hydrogens (tertiary/aromatic N) is 3. The number of carbonyl (C=O) groups is 1. The first-order chi connectivity index (χ1) is 9.16. The molecule has 1 unspecified atom stereocenters. The van der Waals surface area contributed by atoms with Gasteiger partial charge in [0.2, 0.25) is 0 Å². The quantitative estimate of drug-likeness (QED) is 0.769. The predicted molar refractivity (Wildman–Crippen MR) is 71.1 cm³/mol. The van der Waals surface area contributed by atoms with Crippen LogP contribution in [0.2, 0.25) is 0 Å². The zero-order chi connectivity index (χ0) is 13.7. The van der Waals surface area contributed by atoms with Gasteiger partial charge in [0.05, 0.1) is 13.2 Å². The summed E-state index contributed by atoms with van der Waals surface area (Å²) in [6, 6.07) is 3.70. The van der Waals surface area contributed by atoms with Crippen molar-refractivity contribution in [1.82, 2.24) is 20.4 Å². The van der Waals surface area contributed by atoms with Crippen molar-refractivity contribution >= 4 is 11.7 Å². The van der Waals surface area contributed by atoms with Gasteiger partial charge >= 0.3 is 0 Å². The molecule has 7 heteroatoms. The van der Waals surface area contributed by atoms with Crippen molar-refractivity contribution in [2.45, 2.75) is 6.04 Å². The normalized spacial score (nSPS) is 18.9. The van der Waals surface area contributed by atoms with E-state index in [2.05, 4.69) is 20.8 Å². The van der Waals surface area contributed by atoms with Gasteiger partial charge in [0.25, 0.3) is 5.91 Å². The summed E-state index contributed by atoms with van der Waals surface area (Å²) >= 11 is 0. The minimum atomic E-state index is -0.151. The van der Waals surface area contributed by atoms with Crippen molar-refractivity contribution in [3.05, 3.63) is 17.8 Å². The van der Waals surface area contributed by atoms with Crippen molar-refractivity contribution in [2.24, 2.45) is 0 Å². The Bertz CT molecular complexity index is 415. The smallest absolute Gasteiger partial charge is 0.273 e. The van der Waals surface area contributed by atoms with E-state index in [0.29, 0.717) is 18.1 Å². The Morgan fingerprint density at radius 2 is 2.37 bits per heavy atom. The maximum atomic E-state index is 11.6. The van der Waals surface area contributed by atoms with Crippen LogP contribution < -0.4 is 10.6 Å². The van der Waals surface area contributed by atoms with Gasteiger partial charge in [-0.1, -0.05) is 0 Å². The van der Waals surface area contributed by atoms with Gasteiger partial charge in [-0.25, -0.2) is 0 Å². The predicted octanol–water partition coefficient (Wildman–Crippen LogP) is -0.421. The molecule has 0 spiro atoms. The average Bonchev–Trinajstić information content (AvgIpc) is 2.46. The summed E-state index contributed by atoms with van der Waals surface area (Å²) in [6.07, 6.45) is 0. The first-order valence-corrected chi connectivity index (χ1v) is 6.27. The summed E-state index contributed by atoms with van der Waals surface area (Å²) in [6.45, 7) is 3.04. The van der Waals surface area contributed by atoms with Gasteiger partial charge in [0, 0.05) is 33.2 Å². The minimum absolute atomic E-state index is 0.151. The number of hydrogen-bond donors (Lipinski definition) is 2. The lowest BCUT2D eigenvalue weighted by Crippen LogP contribution is -2.45. The third-order valence-electron chi connectivity index (χ3n) is 2.82. The van der Waals surface area contributed by atoms with Gasteiger partial charge in [-0.05, 0) is 12.1 Å². The first kappa shape index (κ1) is 13.7. The van der Waals surface area contributed by atoms with E-state index >= 15 is 0 Å². The molecule has 1 atom stereocenters. The van der Waals surface area contributed by atoms with Crippen molar-refractivity contribution in [3.63, 3.8) is 0 Å². The van der Waals surface area contributed by atoms with E-state index in [-0.39, 0.29) is 11.9 Å². The molecule has 1 fully saturated rings. The molecule has 0 aliphatic carbocycles. The third kappa shape index (κ3) is 3.87. The highest BCUT2D eigenvalue weighted by Crippen LogP contribution is 2.04. The summed E-state index contributed by atoms with van der Waals surface area (Å²) in [4.78, 5) is 13.1. The molecule has 1 aliphatic rings. The number of amides is 1.